The van der Waals surface area contributed by atoms with Crippen molar-refractivity contribution < 1.29 is 0 Å². The third kappa shape index (κ3) is 2.10. The number of hydrogen-bond donors (Lipinski definition) is 1. The molecule has 3 aromatic rings. The fourth-order valence-corrected chi connectivity index (χ4v) is 2.87. The number of hydrogen-bond acceptors (Lipinski definition) is 2. The normalized spacial score (nSPS) is 11.4. The van der Waals surface area contributed by atoms with Crippen LogP contribution in [0.1, 0.15) is 19.9 Å². The van der Waals surface area contributed by atoms with Crippen molar-refractivity contribution in [3.8, 4) is 11.4 Å². The van der Waals surface area contributed by atoms with Crippen molar-refractivity contribution in [3.63, 3.8) is 0 Å². The lowest BCUT2D eigenvalue weighted by molar-refractivity contribution is 0.624. The molecule has 20 heavy (non-hydrogen) atoms. The summed E-state index contributed by atoms with van der Waals surface area (Å²) >= 11 is 3.44. The summed E-state index contributed by atoms with van der Waals surface area (Å²) in [6, 6.07) is 14.4. The Bertz CT molecular complexity index is 774. The molecule has 0 amide bonds. The molecule has 102 valence electrons. The van der Waals surface area contributed by atoms with E-state index in [0.717, 1.165) is 32.6 Å². The Morgan fingerprint density at radius 3 is 2.60 bits per heavy atom. The molecule has 1 aromatic heterocycles. The number of nitrogens with zero attached hydrogens (tertiary/aromatic N) is 2. The van der Waals surface area contributed by atoms with Crippen LogP contribution >= 0.6 is 15.9 Å². The van der Waals surface area contributed by atoms with Gasteiger partial charge in [-0.15, -0.1) is 0 Å². The highest BCUT2D eigenvalue weighted by atomic mass is 79.9. The topological polar surface area (TPSA) is 43.8 Å². The number of fused-ring (bicyclic) bond motifs is 1. The molecule has 0 saturated carbocycles. The number of imidazole rings is 1. The maximum atomic E-state index is 6.16. The molecule has 0 saturated heterocycles. The maximum absolute atomic E-state index is 6.16. The third-order valence-electron chi connectivity index (χ3n) is 3.37. The molecule has 4 heteroatoms. The third-order valence-corrected chi connectivity index (χ3v) is 3.86. The highest BCUT2D eigenvalue weighted by molar-refractivity contribution is 9.10. The van der Waals surface area contributed by atoms with Gasteiger partial charge in [-0.1, -0.05) is 28.1 Å². The lowest BCUT2D eigenvalue weighted by Crippen LogP contribution is -2.04. The van der Waals surface area contributed by atoms with Crippen LogP contribution in [0.2, 0.25) is 0 Å². The van der Waals surface area contributed by atoms with E-state index in [1.807, 2.05) is 36.4 Å². The smallest absolute Gasteiger partial charge is 0.143 e. The zero-order valence-electron chi connectivity index (χ0n) is 11.5. The molecule has 0 aliphatic carbocycles. The van der Waals surface area contributed by atoms with Gasteiger partial charge >= 0.3 is 0 Å². The molecule has 3 nitrogen and oxygen atoms in total. The molecule has 0 atom stereocenters. The van der Waals surface area contributed by atoms with Gasteiger partial charge in [0.1, 0.15) is 5.82 Å². The van der Waals surface area contributed by atoms with Crippen molar-refractivity contribution in [2.45, 2.75) is 19.9 Å². The molecular weight excluding hydrogens is 314 g/mol. The first kappa shape index (κ1) is 13.2. The van der Waals surface area contributed by atoms with E-state index in [-0.39, 0.29) is 0 Å². The Hall–Kier alpha value is -1.81. The largest absolute Gasteiger partial charge is 0.398 e. The van der Waals surface area contributed by atoms with Crippen molar-refractivity contribution in [2.75, 3.05) is 5.73 Å². The first-order valence-electron chi connectivity index (χ1n) is 6.60. The van der Waals surface area contributed by atoms with Crippen LogP contribution in [-0.4, -0.2) is 9.55 Å². The van der Waals surface area contributed by atoms with Gasteiger partial charge in [-0.3, -0.25) is 0 Å². The Labute approximate surface area is 126 Å². The fraction of sp³-hybridized carbons (Fsp3) is 0.188. The number of nitrogen functional groups attached to an aromatic ring is 1. The molecule has 0 radical (unpaired) electrons. The number of halogens is 1. The van der Waals surface area contributed by atoms with Crippen molar-refractivity contribution in [1.82, 2.24) is 9.55 Å². The number of nitrogens with two attached hydrogens (primary N) is 1. The van der Waals surface area contributed by atoms with Crippen molar-refractivity contribution in [3.05, 3.63) is 46.9 Å². The summed E-state index contributed by atoms with van der Waals surface area (Å²) in [7, 11) is 0. The average Bonchev–Trinajstić information content (AvgIpc) is 2.77. The van der Waals surface area contributed by atoms with E-state index < -0.39 is 0 Å². The Morgan fingerprint density at radius 2 is 1.90 bits per heavy atom. The molecule has 0 aliphatic heterocycles. The van der Waals surface area contributed by atoms with Gasteiger partial charge < -0.3 is 10.3 Å². The van der Waals surface area contributed by atoms with Gasteiger partial charge in [-0.25, -0.2) is 4.98 Å². The second-order valence-corrected chi connectivity index (χ2v) is 6.04. The minimum atomic E-state index is 0.320. The predicted molar refractivity (Wildman–Crippen MR) is 87.7 cm³/mol. The van der Waals surface area contributed by atoms with Gasteiger partial charge in [0.2, 0.25) is 0 Å². The van der Waals surface area contributed by atoms with Gasteiger partial charge in [-0.05, 0) is 44.2 Å². The van der Waals surface area contributed by atoms with Crippen LogP contribution in [0.15, 0.2) is 46.9 Å². The predicted octanol–water partition coefficient (Wildman–Crippen LogP) is 4.63. The second kappa shape index (κ2) is 4.94. The van der Waals surface area contributed by atoms with Crippen LogP contribution in [0.3, 0.4) is 0 Å². The summed E-state index contributed by atoms with van der Waals surface area (Å²) in [5, 5.41) is 0. The molecular formula is C16H16BrN3. The summed E-state index contributed by atoms with van der Waals surface area (Å²) in [5.41, 5.74) is 10.0. The van der Waals surface area contributed by atoms with E-state index in [0.29, 0.717) is 6.04 Å². The summed E-state index contributed by atoms with van der Waals surface area (Å²) < 4.78 is 3.21. The SMILES string of the molecule is CC(C)n1c(-c2ccc(Br)cc2N)nc2ccccc21. The first-order chi connectivity index (χ1) is 9.58. The van der Waals surface area contributed by atoms with E-state index >= 15 is 0 Å². The van der Waals surface area contributed by atoms with E-state index in [4.69, 9.17) is 10.7 Å². The van der Waals surface area contributed by atoms with Gasteiger partial charge in [-0.2, -0.15) is 0 Å². The molecule has 2 aromatic carbocycles. The fourth-order valence-electron chi connectivity index (χ4n) is 2.49. The van der Waals surface area contributed by atoms with Crippen LogP contribution in [0.25, 0.3) is 22.4 Å². The number of aromatic nitrogens is 2. The van der Waals surface area contributed by atoms with Crippen LogP contribution in [0, 0.1) is 0 Å². The Balaban J connectivity index is 2.32. The molecule has 0 spiro atoms. The van der Waals surface area contributed by atoms with Crippen molar-refractivity contribution >= 4 is 32.7 Å². The average molecular weight is 330 g/mol. The van der Waals surface area contributed by atoms with E-state index in [9.17, 15) is 0 Å². The first-order valence-corrected chi connectivity index (χ1v) is 7.39. The van der Waals surface area contributed by atoms with E-state index in [2.05, 4.69) is 40.4 Å². The summed E-state index contributed by atoms with van der Waals surface area (Å²) in [6.07, 6.45) is 0. The minimum absolute atomic E-state index is 0.320. The standard InChI is InChI=1S/C16H16BrN3/c1-10(2)20-15-6-4-3-5-14(15)19-16(20)12-8-7-11(17)9-13(12)18/h3-10H,18H2,1-2H3. The number of para-hydroxylation sites is 2. The Kier molecular flexibility index (Phi) is 3.26. The number of anilines is 1. The lowest BCUT2D eigenvalue weighted by Gasteiger charge is -2.14. The van der Waals surface area contributed by atoms with E-state index in [1.165, 1.54) is 0 Å². The molecule has 0 aliphatic rings. The zero-order valence-corrected chi connectivity index (χ0v) is 13.1. The van der Waals surface area contributed by atoms with Crippen molar-refractivity contribution in [1.29, 1.82) is 0 Å². The van der Waals surface area contributed by atoms with Gasteiger partial charge in [0.15, 0.2) is 0 Å². The quantitative estimate of drug-likeness (QED) is 0.696. The monoisotopic (exact) mass is 329 g/mol. The lowest BCUT2D eigenvalue weighted by atomic mass is 10.1. The highest BCUT2D eigenvalue weighted by Gasteiger charge is 2.16. The minimum Gasteiger partial charge on any atom is -0.398 e. The highest BCUT2D eigenvalue weighted by Crippen LogP contribution is 2.32. The zero-order chi connectivity index (χ0) is 14.3. The maximum Gasteiger partial charge on any atom is 0.143 e. The van der Waals surface area contributed by atoms with E-state index in [1.54, 1.807) is 0 Å². The molecule has 2 N–H and O–H groups in total. The second-order valence-electron chi connectivity index (χ2n) is 5.12. The van der Waals surface area contributed by atoms with Crippen LogP contribution in [0.5, 0.6) is 0 Å². The number of rotatable bonds is 2. The summed E-state index contributed by atoms with van der Waals surface area (Å²) in [6.45, 7) is 4.32. The van der Waals surface area contributed by atoms with Gasteiger partial charge in [0.25, 0.3) is 0 Å². The molecule has 1 heterocycles. The Morgan fingerprint density at radius 1 is 1.15 bits per heavy atom. The summed E-state index contributed by atoms with van der Waals surface area (Å²) in [5.74, 6) is 0.922. The molecule has 3 rings (SSSR count). The molecule has 0 fully saturated rings. The van der Waals surface area contributed by atoms with Gasteiger partial charge in [0.05, 0.1) is 11.0 Å². The van der Waals surface area contributed by atoms with Crippen molar-refractivity contribution in [2.24, 2.45) is 0 Å². The summed E-state index contributed by atoms with van der Waals surface area (Å²) in [4.78, 5) is 4.76. The molecule has 0 bridgehead atoms. The van der Waals surface area contributed by atoms with Gasteiger partial charge in [0, 0.05) is 21.8 Å². The van der Waals surface area contributed by atoms with Crippen LogP contribution < -0.4 is 5.73 Å². The number of benzene rings is 2. The molecule has 0 unspecified atom stereocenters. The van der Waals surface area contributed by atoms with Crippen LogP contribution in [0.4, 0.5) is 5.69 Å². The van der Waals surface area contributed by atoms with Crippen LogP contribution in [-0.2, 0) is 0 Å².